The normalized spacial score (nSPS) is 9.19. The second kappa shape index (κ2) is 7.41. The van der Waals surface area contributed by atoms with Crippen LogP contribution in [0.2, 0.25) is 5.02 Å². The highest BCUT2D eigenvalue weighted by atomic mass is 35.5. The van der Waals surface area contributed by atoms with Gasteiger partial charge in [-0.25, -0.2) is 0 Å². The van der Waals surface area contributed by atoms with E-state index < -0.39 is 0 Å². The van der Waals surface area contributed by atoms with Crippen LogP contribution < -0.4 is 0 Å². The zero-order valence-electron chi connectivity index (χ0n) is 8.48. The number of hydrogen-bond donors (Lipinski definition) is 0. The Labute approximate surface area is 107 Å². The number of hydrogen-bond acceptors (Lipinski definition) is 1. The standard InChI is InChI=1S/C12H9Cl.OSi2/c13-12-8-4-7-11(9-12)10-5-2-1-3-6-10;2-1-3/h1-9H;. The average molecular weight is 261 g/mol. The van der Waals surface area contributed by atoms with Gasteiger partial charge in [0.25, 0.3) is 0 Å². The molecule has 0 spiro atoms. The fraction of sp³-hybridized carbons (Fsp3) is 0. The quantitative estimate of drug-likeness (QED) is 0.716. The summed E-state index contributed by atoms with van der Waals surface area (Å²) in [6.45, 7) is 0. The third-order valence-corrected chi connectivity index (χ3v) is 2.17. The highest BCUT2D eigenvalue weighted by Gasteiger charge is 1.95. The van der Waals surface area contributed by atoms with Crippen LogP contribution in [0.15, 0.2) is 54.6 Å². The molecule has 0 amide bonds. The van der Waals surface area contributed by atoms with Gasteiger partial charge in [0, 0.05) is 5.02 Å². The minimum atomic E-state index is 0.779. The van der Waals surface area contributed by atoms with Gasteiger partial charge in [0.05, 0.1) is 0 Å². The molecule has 0 aromatic heterocycles. The molecule has 0 heterocycles. The van der Waals surface area contributed by atoms with E-state index in [-0.39, 0.29) is 0 Å². The van der Waals surface area contributed by atoms with Crippen LogP contribution in [0.25, 0.3) is 11.1 Å². The summed E-state index contributed by atoms with van der Waals surface area (Å²) in [4.78, 5) is 0. The summed E-state index contributed by atoms with van der Waals surface area (Å²) in [6, 6.07) is 18.1. The fourth-order valence-electron chi connectivity index (χ4n) is 1.30. The number of halogens is 1. The lowest BCUT2D eigenvalue weighted by Gasteiger charge is -2.00. The van der Waals surface area contributed by atoms with E-state index in [0.29, 0.717) is 0 Å². The van der Waals surface area contributed by atoms with Crippen LogP contribution >= 0.6 is 11.6 Å². The Morgan fingerprint density at radius 1 is 0.812 bits per heavy atom. The van der Waals surface area contributed by atoms with Crippen molar-refractivity contribution in [1.29, 1.82) is 0 Å². The molecule has 78 valence electrons. The van der Waals surface area contributed by atoms with Gasteiger partial charge in [-0.15, -0.1) is 0 Å². The molecular weight excluding hydrogens is 252 g/mol. The zero-order valence-corrected chi connectivity index (χ0v) is 11.2. The maximum Gasteiger partial charge on any atom is 0.229 e. The molecule has 0 saturated heterocycles. The molecule has 16 heavy (non-hydrogen) atoms. The summed E-state index contributed by atoms with van der Waals surface area (Å²) < 4.78 is 3.86. The van der Waals surface area contributed by atoms with Crippen molar-refractivity contribution >= 4 is 32.6 Å². The lowest BCUT2D eigenvalue weighted by Crippen LogP contribution is -1.75. The fourth-order valence-corrected chi connectivity index (χ4v) is 1.49. The molecule has 1 nitrogen and oxygen atoms in total. The van der Waals surface area contributed by atoms with Gasteiger partial charge in [0.2, 0.25) is 21.0 Å². The first-order chi connectivity index (χ1) is 7.77. The van der Waals surface area contributed by atoms with Crippen LogP contribution in [0.1, 0.15) is 0 Å². The number of rotatable bonds is 1. The molecule has 0 aliphatic carbocycles. The van der Waals surface area contributed by atoms with Crippen LogP contribution in [0, 0.1) is 0 Å². The van der Waals surface area contributed by atoms with E-state index in [1.807, 2.05) is 36.4 Å². The van der Waals surface area contributed by atoms with E-state index in [1.54, 1.807) is 0 Å². The van der Waals surface area contributed by atoms with E-state index in [4.69, 9.17) is 11.6 Å². The second-order valence-electron chi connectivity index (χ2n) is 2.98. The molecule has 0 fully saturated rings. The topological polar surface area (TPSA) is 9.23 Å². The maximum absolute atomic E-state index is 5.89. The minimum absolute atomic E-state index is 0.779. The van der Waals surface area contributed by atoms with Gasteiger partial charge in [-0.2, -0.15) is 0 Å². The number of benzene rings is 2. The Bertz CT molecular complexity index is 420. The van der Waals surface area contributed by atoms with Crippen LogP contribution in [-0.2, 0) is 4.12 Å². The first-order valence-corrected chi connectivity index (χ1v) is 5.77. The highest BCUT2D eigenvalue weighted by Crippen LogP contribution is 2.21. The molecule has 0 atom stereocenters. The van der Waals surface area contributed by atoms with Gasteiger partial charge in [0.1, 0.15) is 0 Å². The van der Waals surface area contributed by atoms with Gasteiger partial charge >= 0.3 is 0 Å². The molecule has 0 bridgehead atoms. The molecular formula is C12H9ClOSi2. The van der Waals surface area contributed by atoms with Crippen LogP contribution in [0.4, 0.5) is 0 Å². The molecule has 4 heteroatoms. The van der Waals surface area contributed by atoms with Gasteiger partial charge < -0.3 is 4.12 Å². The smallest absolute Gasteiger partial charge is 0.229 e. The molecule has 2 rings (SSSR count). The van der Waals surface area contributed by atoms with Crippen molar-refractivity contribution in [3.05, 3.63) is 59.6 Å². The van der Waals surface area contributed by atoms with Crippen molar-refractivity contribution < 1.29 is 4.12 Å². The van der Waals surface area contributed by atoms with Crippen molar-refractivity contribution in [3.8, 4) is 11.1 Å². The summed E-state index contributed by atoms with van der Waals surface area (Å²) in [7, 11) is 5.19. The van der Waals surface area contributed by atoms with Gasteiger partial charge in [-0.1, -0.05) is 54.1 Å². The van der Waals surface area contributed by atoms with E-state index in [9.17, 15) is 0 Å². The van der Waals surface area contributed by atoms with Crippen molar-refractivity contribution in [1.82, 2.24) is 0 Å². The summed E-state index contributed by atoms with van der Waals surface area (Å²) >= 11 is 5.89. The minimum Gasteiger partial charge on any atom is -0.458 e. The molecule has 0 unspecified atom stereocenters. The summed E-state index contributed by atoms with van der Waals surface area (Å²) in [6.07, 6.45) is 0. The first kappa shape index (κ1) is 13.2. The Hall–Kier alpha value is -0.876. The van der Waals surface area contributed by atoms with Crippen molar-refractivity contribution in [2.75, 3.05) is 0 Å². The van der Waals surface area contributed by atoms with Crippen LogP contribution in [0.3, 0.4) is 0 Å². The Morgan fingerprint density at radius 3 is 1.94 bits per heavy atom. The Balaban J connectivity index is 0.000000386. The summed E-state index contributed by atoms with van der Waals surface area (Å²) in [5, 5.41) is 0.779. The van der Waals surface area contributed by atoms with E-state index in [0.717, 1.165) is 10.6 Å². The second-order valence-corrected chi connectivity index (χ2v) is 4.23. The molecule has 0 saturated carbocycles. The molecule has 2 aromatic carbocycles. The molecule has 0 aliphatic rings. The largest absolute Gasteiger partial charge is 0.458 e. The van der Waals surface area contributed by atoms with Gasteiger partial charge in [-0.05, 0) is 23.3 Å². The molecule has 0 aliphatic heterocycles. The van der Waals surface area contributed by atoms with E-state index >= 15 is 0 Å². The van der Waals surface area contributed by atoms with Gasteiger partial charge in [0.15, 0.2) is 0 Å². The molecule has 6 radical (unpaired) electrons. The SMILES string of the molecule is Clc1cccc(-c2ccccc2)c1.[Si]O[Si]. The van der Waals surface area contributed by atoms with Crippen molar-refractivity contribution in [2.45, 2.75) is 0 Å². The monoisotopic (exact) mass is 260 g/mol. The predicted molar refractivity (Wildman–Crippen MR) is 69.5 cm³/mol. The average Bonchev–Trinajstić information content (AvgIpc) is 2.31. The van der Waals surface area contributed by atoms with Crippen LogP contribution in [-0.4, -0.2) is 21.0 Å². The third-order valence-electron chi connectivity index (χ3n) is 1.93. The Kier molecular flexibility index (Phi) is 6.11. The Morgan fingerprint density at radius 2 is 1.38 bits per heavy atom. The van der Waals surface area contributed by atoms with E-state index in [2.05, 4.69) is 43.3 Å². The van der Waals surface area contributed by atoms with Crippen LogP contribution in [0.5, 0.6) is 0 Å². The highest BCUT2D eigenvalue weighted by molar-refractivity contribution is 6.30. The van der Waals surface area contributed by atoms with Crippen molar-refractivity contribution in [3.63, 3.8) is 0 Å². The third kappa shape index (κ3) is 4.32. The molecule has 2 aromatic rings. The van der Waals surface area contributed by atoms with Gasteiger partial charge in [-0.3, -0.25) is 0 Å². The lowest BCUT2D eigenvalue weighted by molar-refractivity contribution is 0.690. The predicted octanol–water partition coefficient (Wildman–Crippen LogP) is 3.18. The molecule has 0 N–H and O–H groups in total. The summed E-state index contributed by atoms with van der Waals surface area (Å²) in [5.41, 5.74) is 2.36. The van der Waals surface area contributed by atoms with E-state index in [1.165, 1.54) is 5.56 Å². The maximum atomic E-state index is 5.89. The first-order valence-electron chi connectivity index (χ1n) is 4.58. The van der Waals surface area contributed by atoms with Crippen molar-refractivity contribution in [2.24, 2.45) is 0 Å². The summed E-state index contributed by atoms with van der Waals surface area (Å²) in [5.74, 6) is 0. The zero-order chi connectivity index (χ0) is 11.8. The lowest BCUT2D eigenvalue weighted by atomic mass is 10.1.